The van der Waals surface area contributed by atoms with Crippen LogP contribution in [-0.4, -0.2) is 45.5 Å². The van der Waals surface area contributed by atoms with E-state index in [0.29, 0.717) is 11.4 Å². The maximum absolute atomic E-state index is 13.3. The highest BCUT2D eigenvalue weighted by atomic mass is 32.2. The number of aliphatic carboxylic acids is 1. The van der Waals surface area contributed by atoms with Gasteiger partial charge in [-0.05, 0) is 74.8 Å². The minimum Gasteiger partial charge on any atom is -0.480 e. The average molecular weight is 499 g/mol. The summed E-state index contributed by atoms with van der Waals surface area (Å²) in [6.07, 6.45) is 5.39. The lowest BCUT2D eigenvalue weighted by Crippen LogP contribution is -2.50. The molecule has 3 rings (SSSR count). The fourth-order valence-electron chi connectivity index (χ4n) is 4.48. The highest BCUT2D eigenvalue weighted by Crippen LogP contribution is 2.30. The second-order valence-electron chi connectivity index (χ2n) is 9.13. The summed E-state index contributed by atoms with van der Waals surface area (Å²) in [7, 11) is 0. The van der Waals surface area contributed by atoms with Gasteiger partial charge in [-0.1, -0.05) is 37.1 Å². The lowest BCUT2D eigenvalue weighted by atomic mass is 10.0. The molecule has 2 aromatic carbocycles. The van der Waals surface area contributed by atoms with Crippen LogP contribution in [0.4, 0.5) is 5.69 Å². The molecular formula is C27H34N2O5S. The van der Waals surface area contributed by atoms with Crippen LogP contribution >= 0.6 is 11.8 Å². The summed E-state index contributed by atoms with van der Waals surface area (Å²) in [4.78, 5) is 44.4. The molecule has 0 aromatic heterocycles. The van der Waals surface area contributed by atoms with Crippen molar-refractivity contribution in [3.63, 3.8) is 0 Å². The molecule has 1 fully saturated rings. The number of hydrogen-bond acceptors (Lipinski definition) is 5. The van der Waals surface area contributed by atoms with Crippen LogP contribution in [0.3, 0.4) is 0 Å². The number of para-hydroxylation sites is 1. The molecule has 0 bridgehead atoms. The molecule has 2 amide bonds. The molecule has 188 valence electrons. The van der Waals surface area contributed by atoms with Gasteiger partial charge in [0.05, 0.1) is 0 Å². The maximum Gasteiger partial charge on any atom is 0.330 e. The lowest BCUT2D eigenvalue weighted by molar-refractivity contribution is -0.181. The van der Waals surface area contributed by atoms with E-state index in [9.17, 15) is 19.5 Å². The Morgan fingerprint density at radius 3 is 2.29 bits per heavy atom. The summed E-state index contributed by atoms with van der Waals surface area (Å²) in [5.74, 6) is -1.50. The van der Waals surface area contributed by atoms with Gasteiger partial charge >= 0.3 is 5.97 Å². The van der Waals surface area contributed by atoms with E-state index in [1.807, 2.05) is 44.4 Å². The summed E-state index contributed by atoms with van der Waals surface area (Å²) < 4.78 is 0. The summed E-state index contributed by atoms with van der Waals surface area (Å²) in [5.41, 5.74) is 2.81. The van der Waals surface area contributed by atoms with Crippen LogP contribution in [0.25, 0.3) is 0 Å². The van der Waals surface area contributed by atoms with Crippen LogP contribution < -0.4 is 10.2 Å². The summed E-state index contributed by atoms with van der Waals surface area (Å²) in [5, 5.41) is 13.7. The van der Waals surface area contributed by atoms with E-state index in [4.69, 9.17) is 4.84 Å². The van der Waals surface area contributed by atoms with E-state index >= 15 is 0 Å². The Morgan fingerprint density at radius 2 is 1.71 bits per heavy atom. The molecule has 8 heteroatoms. The van der Waals surface area contributed by atoms with E-state index in [1.165, 1.54) is 11.8 Å². The van der Waals surface area contributed by atoms with Gasteiger partial charge in [-0.3, -0.25) is 9.59 Å². The third-order valence-corrected chi connectivity index (χ3v) is 7.20. The highest BCUT2D eigenvalue weighted by molar-refractivity contribution is 7.99. The van der Waals surface area contributed by atoms with Crippen LogP contribution in [0.2, 0.25) is 0 Å². The topological polar surface area (TPSA) is 95.9 Å². The molecule has 1 saturated carbocycles. The van der Waals surface area contributed by atoms with E-state index < -0.39 is 12.0 Å². The zero-order valence-corrected chi connectivity index (χ0v) is 21.3. The number of nitrogens with one attached hydrogen (secondary N) is 1. The maximum atomic E-state index is 13.3. The number of hydroxylamine groups is 2. The van der Waals surface area contributed by atoms with Gasteiger partial charge < -0.3 is 15.3 Å². The Morgan fingerprint density at radius 1 is 1.09 bits per heavy atom. The Labute approximate surface area is 211 Å². The van der Waals surface area contributed by atoms with Crippen LogP contribution in [0.1, 0.15) is 49.7 Å². The number of hydrogen-bond donors (Lipinski definition) is 2. The molecule has 1 aliphatic rings. The van der Waals surface area contributed by atoms with Crippen molar-refractivity contribution in [1.82, 2.24) is 5.06 Å². The summed E-state index contributed by atoms with van der Waals surface area (Å²) in [6.45, 7) is 3.93. The molecule has 0 radical (unpaired) electrons. The molecule has 0 heterocycles. The van der Waals surface area contributed by atoms with Crippen LogP contribution in [0.15, 0.2) is 48.5 Å². The Balaban J connectivity index is 1.75. The van der Waals surface area contributed by atoms with Crippen molar-refractivity contribution in [1.29, 1.82) is 0 Å². The first-order valence-electron chi connectivity index (χ1n) is 12.0. The number of carbonyl (C=O) groups excluding carboxylic acids is 2. The van der Waals surface area contributed by atoms with E-state index in [0.717, 1.165) is 41.9 Å². The predicted octanol–water partition coefficient (Wildman–Crippen LogP) is 5.22. The van der Waals surface area contributed by atoms with Gasteiger partial charge in [0.1, 0.15) is 0 Å². The number of carboxylic acids is 1. The van der Waals surface area contributed by atoms with E-state index in [1.54, 1.807) is 24.3 Å². The fourth-order valence-corrected chi connectivity index (χ4v) is 5.18. The van der Waals surface area contributed by atoms with Crippen molar-refractivity contribution in [2.24, 2.45) is 5.92 Å². The van der Waals surface area contributed by atoms with Crippen LogP contribution in [0.5, 0.6) is 5.75 Å². The summed E-state index contributed by atoms with van der Waals surface area (Å²) >= 11 is 1.41. The standard InChI is InChI=1S/C27H34N2O5S/c1-18-13-19(2)15-21(14-18)28-25(30)17-23(35-3)16-24(27(32)33)29(26(31)20-9-7-8-10-20)34-22-11-5-4-6-12-22/h4-6,11-15,20,23-24H,7-10,16-17H2,1-3H3,(H,28,30)(H,32,33)/t23?,24-/m0/s1. The van der Waals surface area contributed by atoms with E-state index in [2.05, 4.69) is 5.32 Å². The number of amides is 2. The number of anilines is 1. The number of nitrogens with zero attached hydrogens (tertiary/aromatic N) is 1. The van der Waals surface area contributed by atoms with Gasteiger partial charge in [-0.15, -0.1) is 0 Å². The molecule has 0 spiro atoms. The molecular weight excluding hydrogens is 464 g/mol. The number of rotatable bonds is 11. The monoisotopic (exact) mass is 498 g/mol. The van der Waals surface area contributed by atoms with Gasteiger partial charge in [0.25, 0.3) is 5.91 Å². The largest absolute Gasteiger partial charge is 0.480 e. The van der Waals surface area contributed by atoms with Gasteiger partial charge in [0, 0.05) is 23.3 Å². The molecule has 2 aromatic rings. The van der Waals surface area contributed by atoms with Gasteiger partial charge in [-0.2, -0.15) is 16.8 Å². The minimum atomic E-state index is -1.21. The van der Waals surface area contributed by atoms with E-state index in [-0.39, 0.29) is 35.8 Å². The first-order chi connectivity index (χ1) is 16.8. The Kier molecular flexibility index (Phi) is 9.60. The molecule has 35 heavy (non-hydrogen) atoms. The zero-order valence-electron chi connectivity index (χ0n) is 20.5. The average Bonchev–Trinajstić information content (AvgIpc) is 3.35. The molecule has 2 N–H and O–H groups in total. The zero-order chi connectivity index (χ0) is 25.4. The Bertz CT molecular complexity index is 1000. The smallest absolute Gasteiger partial charge is 0.330 e. The normalized spacial score (nSPS) is 15.3. The van der Waals surface area contributed by atoms with Crippen LogP contribution in [-0.2, 0) is 14.4 Å². The second-order valence-corrected chi connectivity index (χ2v) is 10.3. The molecule has 7 nitrogen and oxygen atoms in total. The molecule has 0 saturated heterocycles. The number of carbonyl (C=O) groups is 3. The van der Waals surface area contributed by atoms with Crippen molar-refractivity contribution in [3.05, 3.63) is 59.7 Å². The van der Waals surface area contributed by atoms with Gasteiger partial charge in [0.15, 0.2) is 11.8 Å². The lowest BCUT2D eigenvalue weighted by Gasteiger charge is -2.31. The first kappa shape index (κ1) is 26.6. The minimum absolute atomic E-state index is 0.0854. The summed E-state index contributed by atoms with van der Waals surface area (Å²) in [6, 6.07) is 13.4. The van der Waals surface area contributed by atoms with Crippen molar-refractivity contribution in [2.75, 3.05) is 11.6 Å². The first-order valence-corrected chi connectivity index (χ1v) is 13.3. The van der Waals surface area contributed by atoms with Gasteiger partial charge in [-0.25, -0.2) is 4.79 Å². The fraction of sp³-hybridized carbons (Fsp3) is 0.444. The van der Waals surface area contributed by atoms with Crippen molar-refractivity contribution >= 4 is 35.2 Å². The predicted molar refractivity (Wildman–Crippen MR) is 138 cm³/mol. The molecule has 0 aliphatic heterocycles. The quantitative estimate of drug-likeness (QED) is 0.413. The molecule has 1 aliphatic carbocycles. The number of carboxylic acid groups (broad SMARTS) is 1. The number of thioether (sulfide) groups is 1. The van der Waals surface area contributed by atoms with Gasteiger partial charge in [0.2, 0.25) is 5.91 Å². The van der Waals surface area contributed by atoms with Crippen molar-refractivity contribution < 1.29 is 24.3 Å². The third kappa shape index (κ3) is 7.75. The molecule has 1 unspecified atom stereocenters. The molecule has 2 atom stereocenters. The van der Waals surface area contributed by atoms with Crippen molar-refractivity contribution in [3.8, 4) is 5.75 Å². The number of benzene rings is 2. The third-order valence-electron chi connectivity index (χ3n) is 6.17. The van der Waals surface area contributed by atoms with Crippen molar-refractivity contribution in [2.45, 2.75) is 63.7 Å². The highest BCUT2D eigenvalue weighted by Gasteiger charge is 2.38. The Hall–Kier alpha value is -3.00. The van der Waals surface area contributed by atoms with Crippen LogP contribution in [0, 0.1) is 19.8 Å². The SMILES string of the molecule is CSC(CC(=O)Nc1cc(C)cc(C)c1)C[C@@H](C(=O)O)N(Oc1ccccc1)C(=O)C1CCCC1. The second kappa shape index (κ2) is 12.6. The number of aryl methyl sites for hydroxylation is 2.